The number of para-hydroxylation sites is 1. The molecule has 4 aromatic carbocycles. The largest absolute Gasteiger partial charge is 0.325 e. The van der Waals surface area contributed by atoms with Gasteiger partial charge >= 0.3 is 0 Å². The zero-order valence-corrected chi connectivity index (χ0v) is 20.1. The molecule has 0 aromatic heterocycles. The molecule has 0 saturated heterocycles. The fourth-order valence-corrected chi connectivity index (χ4v) is 4.61. The molecule has 0 bridgehead atoms. The fourth-order valence-electron chi connectivity index (χ4n) is 3.40. The molecular formula is C28H23ClN2O2S. The quantitative estimate of drug-likeness (QED) is 0.268. The lowest BCUT2D eigenvalue weighted by Crippen LogP contribution is -2.19. The molecule has 0 aliphatic rings. The van der Waals surface area contributed by atoms with Crippen molar-refractivity contribution in [3.05, 3.63) is 125 Å². The van der Waals surface area contributed by atoms with Crippen molar-refractivity contribution >= 4 is 46.6 Å². The average Bonchev–Trinajstić information content (AvgIpc) is 2.85. The van der Waals surface area contributed by atoms with E-state index in [4.69, 9.17) is 11.6 Å². The monoisotopic (exact) mass is 486 g/mol. The lowest BCUT2D eigenvalue weighted by atomic mass is 10.1. The number of anilines is 2. The van der Waals surface area contributed by atoms with Crippen molar-refractivity contribution in [2.24, 2.45) is 0 Å². The first-order chi connectivity index (χ1) is 16.5. The van der Waals surface area contributed by atoms with Crippen LogP contribution in [0.4, 0.5) is 11.4 Å². The van der Waals surface area contributed by atoms with Gasteiger partial charge in [0.2, 0.25) is 5.91 Å². The zero-order valence-electron chi connectivity index (χ0n) is 18.5. The molecule has 0 saturated carbocycles. The number of rotatable bonds is 7. The average molecular weight is 487 g/mol. The van der Waals surface area contributed by atoms with Crippen molar-refractivity contribution in [2.75, 3.05) is 10.6 Å². The molecule has 4 rings (SSSR count). The Morgan fingerprint density at radius 3 is 2.21 bits per heavy atom. The van der Waals surface area contributed by atoms with E-state index < -0.39 is 5.25 Å². The SMILES string of the molecule is Cc1ccccc1NC(=O)C(Sc1ccc(NC(=O)c2cccc(Cl)c2)cc1)c1ccccc1. The van der Waals surface area contributed by atoms with Gasteiger partial charge in [-0.15, -0.1) is 11.8 Å². The summed E-state index contributed by atoms with van der Waals surface area (Å²) in [5.41, 5.74) is 3.87. The van der Waals surface area contributed by atoms with E-state index >= 15 is 0 Å². The predicted octanol–water partition coefficient (Wildman–Crippen LogP) is 7.37. The predicted molar refractivity (Wildman–Crippen MR) is 141 cm³/mol. The second kappa shape index (κ2) is 11.1. The number of hydrogen-bond acceptors (Lipinski definition) is 3. The molecule has 2 amide bonds. The highest BCUT2D eigenvalue weighted by Crippen LogP contribution is 2.37. The molecule has 2 N–H and O–H groups in total. The van der Waals surface area contributed by atoms with Crippen molar-refractivity contribution in [1.82, 2.24) is 0 Å². The fraction of sp³-hybridized carbons (Fsp3) is 0.0714. The summed E-state index contributed by atoms with van der Waals surface area (Å²) in [4.78, 5) is 26.7. The van der Waals surface area contributed by atoms with Crippen LogP contribution in [0.15, 0.2) is 108 Å². The van der Waals surface area contributed by atoms with Gasteiger partial charge in [0.25, 0.3) is 5.91 Å². The second-order valence-corrected chi connectivity index (χ2v) is 9.32. The van der Waals surface area contributed by atoms with Crippen molar-refractivity contribution < 1.29 is 9.59 Å². The van der Waals surface area contributed by atoms with Crippen LogP contribution in [0.3, 0.4) is 0 Å². The van der Waals surface area contributed by atoms with Crippen LogP contribution in [0.2, 0.25) is 5.02 Å². The molecule has 1 atom stereocenters. The summed E-state index contributed by atoms with van der Waals surface area (Å²) in [5.74, 6) is -0.327. The van der Waals surface area contributed by atoms with Crippen LogP contribution >= 0.6 is 23.4 Å². The summed E-state index contributed by atoms with van der Waals surface area (Å²) in [6, 6.07) is 31.7. The Hall–Kier alpha value is -3.54. The molecule has 34 heavy (non-hydrogen) atoms. The maximum atomic E-state index is 13.3. The van der Waals surface area contributed by atoms with E-state index in [-0.39, 0.29) is 11.8 Å². The van der Waals surface area contributed by atoms with Gasteiger partial charge in [0.15, 0.2) is 0 Å². The van der Waals surface area contributed by atoms with Gasteiger partial charge in [-0.05, 0) is 66.6 Å². The van der Waals surface area contributed by atoms with Crippen LogP contribution in [-0.2, 0) is 4.79 Å². The normalized spacial score (nSPS) is 11.5. The molecule has 4 aromatic rings. The van der Waals surface area contributed by atoms with Gasteiger partial charge in [-0.3, -0.25) is 9.59 Å². The molecule has 0 aliphatic heterocycles. The summed E-state index contributed by atoms with van der Waals surface area (Å²) in [6.45, 7) is 1.97. The molecule has 1 unspecified atom stereocenters. The van der Waals surface area contributed by atoms with Gasteiger partial charge in [0.05, 0.1) is 0 Å². The minimum atomic E-state index is -0.437. The topological polar surface area (TPSA) is 58.2 Å². The number of aryl methyl sites for hydroxylation is 1. The van der Waals surface area contributed by atoms with E-state index in [1.54, 1.807) is 24.3 Å². The van der Waals surface area contributed by atoms with Crippen molar-refractivity contribution in [3.63, 3.8) is 0 Å². The summed E-state index contributed by atoms with van der Waals surface area (Å²) in [7, 11) is 0. The molecule has 4 nitrogen and oxygen atoms in total. The number of nitrogens with one attached hydrogen (secondary N) is 2. The maximum absolute atomic E-state index is 13.3. The number of amides is 2. The summed E-state index contributed by atoms with van der Waals surface area (Å²) >= 11 is 7.44. The minimum absolute atomic E-state index is 0.0937. The Kier molecular flexibility index (Phi) is 7.68. The van der Waals surface area contributed by atoms with Crippen molar-refractivity contribution in [3.8, 4) is 0 Å². The maximum Gasteiger partial charge on any atom is 0.255 e. The molecule has 0 spiro atoms. The molecular weight excluding hydrogens is 464 g/mol. The van der Waals surface area contributed by atoms with E-state index in [1.807, 2.05) is 85.8 Å². The number of carbonyl (C=O) groups excluding carboxylic acids is 2. The third kappa shape index (κ3) is 6.07. The van der Waals surface area contributed by atoms with Gasteiger partial charge in [-0.25, -0.2) is 0 Å². The van der Waals surface area contributed by atoms with Gasteiger partial charge in [0.1, 0.15) is 5.25 Å². The first kappa shape index (κ1) is 23.6. The van der Waals surface area contributed by atoms with Crippen LogP contribution in [0.5, 0.6) is 0 Å². The molecule has 170 valence electrons. The molecule has 0 radical (unpaired) electrons. The van der Waals surface area contributed by atoms with E-state index in [0.29, 0.717) is 16.3 Å². The highest BCUT2D eigenvalue weighted by molar-refractivity contribution is 8.00. The summed E-state index contributed by atoms with van der Waals surface area (Å²) in [6.07, 6.45) is 0. The molecule has 6 heteroatoms. The van der Waals surface area contributed by atoms with E-state index in [0.717, 1.165) is 21.7 Å². The van der Waals surface area contributed by atoms with E-state index in [1.165, 1.54) is 11.8 Å². The summed E-state index contributed by atoms with van der Waals surface area (Å²) < 4.78 is 0. The molecule has 0 aliphatic carbocycles. The summed E-state index contributed by atoms with van der Waals surface area (Å²) in [5, 5.41) is 6.01. The van der Waals surface area contributed by atoms with Crippen LogP contribution in [-0.4, -0.2) is 11.8 Å². The van der Waals surface area contributed by atoms with Gasteiger partial charge < -0.3 is 10.6 Å². The van der Waals surface area contributed by atoms with Crippen LogP contribution in [0.25, 0.3) is 0 Å². The van der Waals surface area contributed by atoms with Crippen molar-refractivity contribution in [2.45, 2.75) is 17.1 Å². The van der Waals surface area contributed by atoms with Crippen LogP contribution in [0.1, 0.15) is 26.7 Å². The third-order valence-corrected chi connectivity index (χ3v) is 6.70. The van der Waals surface area contributed by atoms with Gasteiger partial charge in [-0.1, -0.05) is 66.2 Å². The van der Waals surface area contributed by atoms with Gasteiger partial charge in [0, 0.05) is 26.9 Å². The zero-order chi connectivity index (χ0) is 23.9. The van der Waals surface area contributed by atoms with Crippen LogP contribution in [0, 0.1) is 6.92 Å². The van der Waals surface area contributed by atoms with E-state index in [9.17, 15) is 9.59 Å². The Bertz CT molecular complexity index is 1290. The minimum Gasteiger partial charge on any atom is -0.325 e. The number of hydrogen-bond donors (Lipinski definition) is 2. The number of carbonyl (C=O) groups is 2. The lowest BCUT2D eigenvalue weighted by molar-refractivity contribution is -0.115. The number of thioether (sulfide) groups is 1. The first-order valence-corrected chi connectivity index (χ1v) is 12.0. The number of halogens is 1. The lowest BCUT2D eigenvalue weighted by Gasteiger charge is -2.18. The Morgan fingerprint density at radius 2 is 1.50 bits per heavy atom. The van der Waals surface area contributed by atoms with Gasteiger partial charge in [-0.2, -0.15) is 0 Å². The Balaban J connectivity index is 1.49. The molecule has 0 fully saturated rings. The highest BCUT2D eigenvalue weighted by atomic mass is 35.5. The van der Waals surface area contributed by atoms with Crippen LogP contribution < -0.4 is 10.6 Å². The second-order valence-electron chi connectivity index (χ2n) is 7.70. The highest BCUT2D eigenvalue weighted by Gasteiger charge is 2.22. The van der Waals surface area contributed by atoms with Crippen molar-refractivity contribution in [1.29, 1.82) is 0 Å². The Labute approximate surface area is 208 Å². The standard InChI is InChI=1S/C28H23ClN2O2S/c1-19-8-5-6-13-25(19)31-28(33)26(20-9-3-2-4-10-20)34-24-16-14-23(15-17-24)30-27(32)21-11-7-12-22(29)18-21/h2-18,26H,1H3,(H,30,32)(H,31,33). The number of benzene rings is 4. The van der Waals surface area contributed by atoms with E-state index in [2.05, 4.69) is 10.6 Å². The molecule has 0 heterocycles. The Morgan fingerprint density at radius 1 is 0.794 bits per heavy atom. The third-order valence-electron chi connectivity index (χ3n) is 5.20. The first-order valence-electron chi connectivity index (χ1n) is 10.7. The smallest absolute Gasteiger partial charge is 0.255 e.